The summed E-state index contributed by atoms with van der Waals surface area (Å²) in [5, 5.41) is 7.15. The van der Waals surface area contributed by atoms with Crippen molar-refractivity contribution in [2.24, 2.45) is 11.8 Å². The van der Waals surface area contributed by atoms with Gasteiger partial charge in [0, 0.05) is 53.5 Å². The van der Waals surface area contributed by atoms with E-state index in [9.17, 15) is 0 Å². The molecule has 4 rings (SSSR count). The van der Waals surface area contributed by atoms with Gasteiger partial charge in [-0.1, -0.05) is 70.6 Å². The molecule has 4 heteroatoms. The molecule has 2 aliphatic heterocycles. The fourth-order valence-corrected chi connectivity index (χ4v) is 4.71. The number of rotatable bonds is 8. The highest BCUT2D eigenvalue weighted by Crippen LogP contribution is 2.34. The zero-order valence-corrected chi connectivity index (χ0v) is 22.4. The summed E-state index contributed by atoms with van der Waals surface area (Å²) in [7, 11) is 0. The number of fused-ring (bicyclic) bond motifs is 1. The van der Waals surface area contributed by atoms with E-state index in [0.717, 1.165) is 47.5 Å². The Morgan fingerprint density at radius 3 is 2.81 bits per heavy atom. The van der Waals surface area contributed by atoms with Gasteiger partial charge < -0.3 is 15.5 Å². The van der Waals surface area contributed by atoms with Gasteiger partial charge in [-0.05, 0) is 49.6 Å². The molecule has 188 valence electrons. The summed E-state index contributed by atoms with van der Waals surface area (Å²) < 4.78 is 0. The van der Waals surface area contributed by atoms with Crippen molar-refractivity contribution >= 4 is 5.57 Å². The molecule has 0 saturated heterocycles. The van der Waals surface area contributed by atoms with Gasteiger partial charge in [-0.15, -0.1) is 6.42 Å². The van der Waals surface area contributed by atoms with Crippen molar-refractivity contribution in [2.75, 3.05) is 6.54 Å². The summed E-state index contributed by atoms with van der Waals surface area (Å²) >= 11 is 0. The molecule has 0 bridgehead atoms. The molecular formula is C32H40N4. The van der Waals surface area contributed by atoms with Gasteiger partial charge in [0.25, 0.3) is 0 Å². The van der Waals surface area contributed by atoms with Gasteiger partial charge in [-0.2, -0.15) is 0 Å². The average Bonchev–Trinajstić information content (AvgIpc) is 3.34. The number of nitrogens with one attached hydrogen (secondary N) is 2. The molecule has 0 saturated carbocycles. The van der Waals surface area contributed by atoms with Crippen molar-refractivity contribution in [3.8, 4) is 12.3 Å². The third-order valence-corrected chi connectivity index (χ3v) is 6.85. The first-order chi connectivity index (χ1) is 17.5. The van der Waals surface area contributed by atoms with Crippen LogP contribution in [-0.4, -0.2) is 22.5 Å². The molecule has 0 spiro atoms. The Hall–Kier alpha value is -3.71. The molecule has 3 unspecified atom stereocenters. The number of allylic oxidation sites excluding steroid dienone is 6. The van der Waals surface area contributed by atoms with Gasteiger partial charge in [0.2, 0.25) is 0 Å². The van der Waals surface area contributed by atoms with Crippen LogP contribution < -0.4 is 10.6 Å². The lowest BCUT2D eigenvalue weighted by atomic mass is 9.90. The van der Waals surface area contributed by atoms with Crippen molar-refractivity contribution in [3.63, 3.8) is 0 Å². The molecule has 3 aliphatic rings. The molecular weight excluding hydrogens is 440 g/mol. The molecule has 1 aromatic rings. The predicted molar refractivity (Wildman–Crippen MR) is 153 cm³/mol. The van der Waals surface area contributed by atoms with E-state index in [0.29, 0.717) is 17.9 Å². The molecule has 36 heavy (non-hydrogen) atoms. The van der Waals surface area contributed by atoms with E-state index < -0.39 is 0 Å². The molecule has 2 N–H and O–H groups in total. The first-order valence-corrected chi connectivity index (χ1v) is 13.1. The highest BCUT2D eigenvalue weighted by Gasteiger charge is 2.27. The van der Waals surface area contributed by atoms with Gasteiger partial charge in [0.05, 0.1) is 17.4 Å². The van der Waals surface area contributed by atoms with E-state index in [-0.39, 0.29) is 0 Å². The second-order valence-electron chi connectivity index (χ2n) is 8.97. The minimum absolute atomic E-state index is 0.387. The van der Waals surface area contributed by atoms with E-state index >= 15 is 0 Å². The van der Waals surface area contributed by atoms with E-state index in [1.165, 1.54) is 11.3 Å². The zero-order valence-electron chi connectivity index (χ0n) is 22.4. The van der Waals surface area contributed by atoms with Gasteiger partial charge >= 0.3 is 0 Å². The van der Waals surface area contributed by atoms with E-state index in [1.807, 2.05) is 26.1 Å². The lowest BCUT2D eigenvalue weighted by Gasteiger charge is -2.34. The number of nitrogens with zero attached hydrogens (tertiary/aromatic N) is 2. The number of hydrogen-bond acceptors (Lipinski definition) is 4. The third-order valence-electron chi connectivity index (χ3n) is 6.85. The van der Waals surface area contributed by atoms with Crippen LogP contribution in [0.25, 0.3) is 5.57 Å². The third kappa shape index (κ3) is 5.91. The SMILES string of the molecule is C#Cc1cncc(C2=CN(/C(=C\C)C(C)CC)C(=C)C(NCCC3=CNC4C=CC=CC34)=C2)c1.CC. The maximum atomic E-state index is 5.63. The number of terminal acetylenes is 1. The minimum atomic E-state index is 0.387. The lowest BCUT2D eigenvalue weighted by molar-refractivity contribution is 0.463. The summed E-state index contributed by atoms with van der Waals surface area (Å²) in [4.78, 5) is 6.57. The number of aromatic nitrogens is 1. The van der Waals surface area contributed by atoms with E-state index in [1.54, 1.807) is 6.20 Å². The fourth-order valence-electron chi connectivity index (χ4n) is 4.71. The zero-order chi connectivity index (χ0) is 26.1. The predicted octanol–water partition coefficient (Wildman–Crippen LogP) is 6.67. The maximum absolute atomic E-state index is 5.63. The highest BCUT2D eigenvalue weighted by molar-refractivity contribution is 5.77. The molecule has 0 aromatic carbocycles. The molecule has 0 fully saturated rings. The lowest BCUT2D eigenvalue weighted by Crippen LogP contribution is -2.30. The van der Waals surface area contributed by atoms with Crippen molar-refractivity contribution in [1.29, 1.82) is 0 Å². The topological polar surface area (TPSA) is 40.2 Å². The molecule has 1 aliphatic carbocycles. The van der Waals surface area contributed by atoms with Crippen molar-refractivity contribution in [2.45, 2.75) is 53.5 Å². The number of hydrogen-bond donors (Lipinski definition) is 2. The maximum Gasteiger partial charge on any atom is 0.0612 e. The van der Waals surface area contributed by atoms with Crippen LogP contribution in [0.2, 0.25) is 0 Å². The number of pyridine rings is 1. The Bertz CT molecular complexity index is 1170. The smallest absolute Gasteiger partial charge is 0.0612 e. The molecule has 1 aromatic heterocycles. The minimum Gasteiger partial charge on any atom is -0.384 e. The van der Waals surface area contributed by atoms with Crippen LogP contribution in [-0.2, 0) is 0 Å². The summed E-state index contributed by atoms with van der Waals surface area (Å²) in [6.07, 6.45) is 28.7. The summed E-state index contributed by atoms with van der Waals surface area (Å²) in [6.45, 7) is 15.8. The van der Waals surface area contributed by atoms with Crippen LogP contribution in [0, 0.1) is 24.2 Å². The van der Waals surface area contributed by atoms with Crippen LogP contribution in [0.15, 0.2) is 96.6 Å². The first kappa shape index (κ1) is 26.9. The van der Waals surface area contributed by atoms with Gasteiger partial charge in [-0.3, -0.25) is 4.98 Å². The quantitative estimate of drug-likeness (QED) is 0.408. The molecule has 0 radical (unpaired) electrons. The van der Waals surface area contributed by atoms with Crippen LogP contribution in [0.4, 0.5) is 0 Å². The van der Waals surface area contributed by atoms with Gasteiger partial charge in [-0.25, -0.2) is 0 Å². The fraction of sp³-hybridized carbons (Fsp3) is 0.344. The van der Waals surface area contributed by atoms with E-state index in [4.69, 9.17) is 6.42 Å². The Morgan fingerprint density at radius 1 is 1.31 bits per heavy atom. The van der Waals surface area contributed by atoms with Crippen LogP contribution >= 0.6 is 0 Å². The van der Waals surface area contributed by atoms with Gasteiger partial charge in [0.1, 0.15) is 0 Å². The van der Waals surface area contributed by atoms with Crippen LogP contribution in [0.5, 0.6) is 0 Å². The largest absolute Gasteiger partial charge is 0.384 e. The van der Waals surface area contributed by atoms with Crippen LogP contribution in [0.1, 0.15) is 58.6 Å². The monoisotopic (exact) mass is 480 g/mol. The Kier molecular flexibility index (Phi) is 9.59. The molecule has 3 heterocycles. The Balaban J connectivity index is 0.00000176. The Morgan fingerprint density at radius 2 is 2.08 bits per heavy atom. The molecule has 3 atom stereocenters. The highest BCUT2D eigenvalue weighted by atomic mass is 15.2. The van der Waals surface area contributed by atoms with Crippen LogP contribution in [0.3, 0.4) is 0 Å². The first-order valence-electron chi connectivity index (χ1n) is 13.1. The van der Waals surface area contributed by atoms with Crippen molar-refractivity contribution in [1.82, 2.24) is 20.5 Å². The molecule has 0 amide bonds. The second kappa shape index (κ2) is 12.8. The normalized spacial score (nSPS) is 21.2. The summed E-state index contributed by atoms with van der Waals surface area (Å²) in [6, 6.07) is 2.40. The van der Waals surface area contributed by atoms with E-state index in [2.05, 4.69) is 103 Å². The second-order valence-corrected chi connectivity index (χ2v) is 8.97. The van der Waals surface area contributed by atoms with Gasteiger partial charge in [0.15, 0.2) is 0 Å². The molecule has 4 nitrogen and oxygen atoms in total. The summed E-state index contributed by atoms with van der Waals surface area (Å²) in [5.74, 6) is 3.55. The summed E-state index contributed by atoms with van der Waals surface area (Å²) in [5.41, 5.74) is 7.47. The van der Waals surface area contributed by atoms with Crippen molar-refractivity contribution < 1.29 is 0 Å². The average molecular weight is 481 g/mol. The van der Waals surface area contributed by atoms with Crippen molar-refractivity contribution in [3.05, 3.63) is 108 Å². The standard InChI is InChI=1S/C30H34N4.C2H6/c1-6-21(4)30(8-3)34-20-26(25-15-23(7-2)17-31-18-25)16-29(22(34)5)32-14-13-24-19-33-28-12-10-9-11-27(24)28;1-2/h2,8-12,15-21,27-28,32-33H,5-6,13-14H2,1,3-4H3;1-2H3/b30-8-;. The Labute approximate surface area is 218 Å².